The fourth-order valence-corrected chi connectivity index (χ4v) is 1.63. The lowest BCUT2D eigenvalue weighted by atomic mass is 9.88. The quantitative estimate of drug-likeness (QED) is 0.693. The first-order valence-corrected chi connectivity index (χ1v) is 4.98. The first-order chi connectivity index (χ1) is 6.86. The van der Waals surface area contributed by atoms with E-state index in [9.17, 15) is 4.79 Å². The molecule has 0 spiro atoms. The maximum Gasteiger partial charge on any atom is 0.356 e. The monoisotopic (exact) mass is 227 g/mol. The number of hydrogen-bond donors (Lipinski definition) is 0. The summed E-state index contributed by atoms with van der Waals surface area (Å²) in [5.74, 6) is -0.475. The maximum atomic E-state index is 11.2. The van der Waals surface area contributed by atoms with E-state index in [4.69, 9.17) is 11.6 Å². The van der Waals surface area contributed by atoms with Crippen LogP contribution in [0.1, 0.15) is 36.8 Å². The Labute approximate surface area is 94.4 Å². The Balaban J connectivity index is 3.15. The van der Waals surface area contributed by atoms with Crippen molar-refractivity contribution in [2.75, 3.05) is 7.11 Å². The van der Waals surface area contributed by atoms with E-state index in [-0.39, 0.29) is 11.1 Å². The number of hydrogen-bond acceptors (Lipinski definition) is 3. The van der Waals surface area contributed by atoms with Crippen molar-refractivity contribution < 1.29 is 9.53 Å². The van der Waals surface area contributed by atoms with Gasteiger partial charge in [0, 0.05) is 11.2 Å². The van der Waals surface area contributed by atoms with Crippen molar-refractivity contribution in [2.24, 2.45) is 0 Å². The van der Waals surface area contributed by atoms with Crippen LogP contribution >= 0.6 is 11.6 Å². The molecule has 0 aliphatic heterocycles. The fourth-order valence-electron chi connectivity index (χ4n) is 1.20. The van der Waals surface area contributed by atoms with Gasteiger partial charge in [-0.05, 0) is 17.0 Å². The van der Waals surface area contributed by atoms with Crippen molar-refractivity contribution in [3.8, 4) is 0 Å². The average molecular weight is 228 g/mol. The van der Waals surface area contributed by atoms with Crippen LogP contribution in [0.25, 0.3) is 0 Å². The molecule has 0 saturated heterocycles. The highest BCUT2D eigenvalue weighted by molar-refractivity contribution is 6.31. The largest absolute Gasteiger partial charge is 0.464 e. The molecule has 15 heavy (non-hydrogen) atoms. The van der Waals surface area contributed by atoms with Crippen molar-refractivity contribution in [3.63, 3.8) is 0 Å². The summed E-state index contributed by atoms with van der Waals surface area (Å²) < 4.78 is 4.56. The second-order valence-electron chi connectivity index (χ2n) is 4.29. The van der Waals surface area contributed by atoms with Gasteiger partial charge in [0.2, 0.25) is 0 Å². The third kappa shape index (κ3) is 2.69. The van der Waals surface area contributed by atoms with Crippen molar-refractivity contribution in [1.82, 2.24) is 4.98 Å². The summed E-state index contributed by atoms with van der Waals surface area (Å²) in [4.78, 5) is 15.2. The SMILES string of the molecule is COC(=O)c1cc(Cl)c(C(C)(C)C)cn1. The number of halogens is 1. The Morgan fingerprint density at radius 2 is 2.07 bits per heavy atom. The van der Waals surface area contributed by atoms with Crippen LogP contribution in [0, 0.1) is 0 Å². The summed E-state index contributed by atoms with van der Waals surface area (Å²) in [5, 5.41) is 0.540. The van der Waals surface area contributed by atoms with Crippen LogP contribution in [0.4, 0.5) is 0 Å². The van der Waals surface area contributed by atoms with Crippen molar-refractivity contribution in [1.29, 1.82) is 0 Å². The van der Waals surface area contributed by atoms with Crippen LogP contribution < -0.4 is 0 Å². The Kier molecular flexibility index (Phi) is 3.35. The second kappa shape index (κ2) is 4.19. The number of pyridine rings is 1. The molecule has 1 heterocycles. The summed E-state index contributed by atoms with van der Waals surface area (Å²) in [5.41, 5.74) is 1.06. The molecule has 0 aliphatic rings. The molecule has 1 aromatic rings. The van der Waals surface area contributed by atoms with Crippen LogP contribution in [0.5, 0.6) is 0 Å². The van der Waals surface area contributed by atoms with E-state index in [1.54, 1.807) is 6.20 Å². The molecule has 0 fully saturated rings. The molecule has 0 aliphatic carbocycles. The van der Waals surface area contributed by atoms with Gasteiger partial charge in [-0.1, -0.05) is 32.4 Å². The minimum Gasteiger partial charge on any atom is -0.464 e. The number of ether oxygens (including phenoxy) is 1. The first kappa shape index (κ1) is 12.0. The molecule has 1 rings (SSSR count). The van der Waals surface area contributed by atoms with Crippen LogP contribution in [0.2, 0.25) is 5.02 Å². The predicted octanol–water partition coefficient (Wildman–Crippen LogP) is 2.82. The number of nitrogens with zero attached hydrogens (tertiary/aromatic N) is 1. The topological polar surface area (TPSA) is 39.2 Å². The number of aromatic nitrogens is 1. The van der Waals surface area contributed by atoms with Crippen molar-refractivity contribution in [2.45, 2.75) is 26.2 Å². The number of carbonyl (C=O) groups is 1. The van der Waals surface area contributed by atoms with Gasteiger partial charge in [0.25, 0.3) is 0 Å². The standard InChI is InChI=1S/C11H14ClNO2/c1-11(2,3)7-6-13-9(5-8(7)12)10(14)15-4/h5-6H,1-4H3. The molecule has 0 bridgehead atoms. The van der Waals surface area contributed by atoms with Gasteiger partial charge in [-0.25, -0.2) is 9.78 Å². The summed E-state index contributed by atoms with van der Waals surface area (Å²) in [6, 6.07) is 1.54. The van der Waals surface area contributed by atoms with Crippen LogP contribution in [-0.4, -0.2) is 18.1 Å². The molecule has 0 amide bonds. The van der Waals surface area contributed by atoms with Gasteiger partial charge in [-0.15, -0.1) is 0 Å². The zero-order valence-electron chi connectivity index (χ0n) is 9.30. The van der Waals surface area contributed by atoms with E-state index in [1.807, 2.05) is 20.8 Å². The van der Waals surface area contributed by atoms with Gasteiger partial charge in [0.05, 0.1) is 7.11 Å². The van der Waals surface area contributed by atoms with E-state index < -0.39 is 5.97 Å². The molecule has 82 valence electrons. The van der Waals surface area contributed by atoms with Crippen LogP contribution in [0.3, 0.4) is 0 Å². The number of esters is 1. The zero-order chi connectivity index (χ0) is 11.6. The molecule has 0 atom stereocenters. The minimum absolute atomic E-state index is 0.0846. The summed E-state index contributed by atoms with van der Waals surface area (Å²) in [7, 11) is 1.32. The average Bonchev–Trinajstić information content (AvgIpc) is 2.14. The molecular weight excluding hydrogens is 214 g/mol. The van der Waals surface area contributed by atoms with Crippen LogP contribution in [0.15, 0.2) is 12.3 Å². The van der Waals surface area contributed by atoms with E-state index in [2.05, 4.69) is 9.72 Å². The Hall–Kier alpha value is -1.09. The summed E-state index contributed by atoms with van der Waals surface area (Å²) in [6.45, 7) is 6.11. The van der Waals surface area contributed by atoms with Gasteiger partial charge in [-0.2, -0.15) is 0 Å². The van der Waals surface area contributed by atoms with Gasteiger partial charge < -0.3 is 4.74 Å². The van der Waals surface area contributed by atoms with Crippen molar-refractivity contribution in [3.05, 3.63) is 28.5 Å². The lowest BCUT2D eigenvalue weighted by Crippen LogP contribution is -2.14. The molecule has 4 heteroatoms. The molecule has 1 aromatic heterocycles. The maximum absolute atomic E-state index is 11.2. The molecule has 0 radical (unpaired) electrons. The third-order valence-corrected chi connectivity index (χ3v) is 2.37. The summed E-state index contributed by atoms with van der Waals surface area (Å²) in [6.07, 6.45) is 1.62. The zero-order valence-corrected chi connectivity index (χ0v) is 10.1. The van der Waals surface area contributed by atoms with E-state index in [1.165, 1.54) is 13.2 Å². The number of methoxy groups -OCH3 is 1. The smallest absolute Gasteiger partial charge is 0.356 e. The minimum atomic E-state index is -0.475. The highest BCUT2D eigenvalue weighted by atomic mass is 35.5. The molecule has 0 aromatic carbocycles. The lowest BCUT2D eigenvalue weighted by Gasteiger charge is -2.20. The molecular formula is C11H14ClNO2. The van der Waals surface area contributed by atoms with E-state index >= 15 is 0 Å². The molecule has 3 nitrogen and oxygen atoms in total. The normalized spacial score (nSPS) is 11.3. The fraction of sp³-hybridized carbons (Fsp3) is 0.455. The highest BCUT2D eigenvalue weighted by Gasteiger charge is 2.19. The predicted molar refractivity (Wildman–Crippen MR) is 59.3 cm³/mol. The summed E-state index contributed by atoms with van der Waals surface area (Å²) >= 11 is 6.07. The Bertz CT molecular complexity index is 383. The number of rotatable bonds is 1. The highest BCUT2D eigenvalue weighted by Crippen LogP contribution is 2.28. The molecule has 0 N–H and O–H groups in total. The molecule has 0 saturated carbocycles. The number of carbonyl (C=O) groups excluding carboxylic acids is 1. The molecule has 0 unspecified atom stereocenters. The van der Waals surface area contributed by atoms with Gasteiger partial charge in [0.1, 0.15) is 5.69 Å². The van der Waals surface area contributed by atoms with Gasteiger partial charge in [0.15, 0.2) is 0 Å². The van der Waals surface area contributed by atoms with Crippen molar-refractivity contribution >= 4 is 17.6 Å². The Morgan fingerprint density at radius 1 is 1.47 bits per heavy atom. The second-order valence-corrected chi connectivity index (χ2v) is 4.70. The lowest BCUT2D eigenvalue weighted by molar-refractivity contribution is 0.0594. The third-order valence-electron chi connectivity index (χ3n) is 2.06. The van der Waals surface area contributed by atoms with E-state index in [0.29, 0.717) is 5.02 Å². The Morgan fingerprint density at radius 3 is 2.47 bits per heavy atom. The van der Waals surface area contributed by atoms with Gasteiger partial charge in [-0.3, -0.25) is 0 Å². The van der Waals surface area contributed by atoms with E-state index in [0.717, 1.165) is 5.56 Å². The van der Waals surface area contributed by atoms with Gasteiger partial charge >= 0.3 is 5.97 Å². The first-order valence-electron chi connectivity index (χ1n) is 4.60. The van der Waals surface area contributed by atoms with Crippen LogP contribution in [-0.2, 0) is 10.2 Å².